The van der Waals surface area contributed by atoms with Gasteiger partial charge in [-0.1, -0.05) is 44.2 Å². The highest BCUT2D eigenvalue weighted by atomic mass is 16.5. The standard InChI is InChI=1S/C14H19NO2/c1-10(2)13(12-8-6-5-7-9-12)15-11(3)14(16)17-4/h5-11H,1-4H3. The van der Waals surface area contributed by atoms with Gasteiger partial charge in [-0.3, -0.25) is 4.99 Å². The van der Waals surface area contributed by atoms with E-state index in [0.717, 1.165) is 11.3 Å². The van der Waals surface area contributed by atoms with E-state index < -0.39 is 6.04 Å². The summed E-state index contributed by atoms with van der Waals surface area (Å²) in [7, 11) is 1.38. The molecule has 0 aliphatic heterocycles. The van der Waals surface area contributed by atoms with Crippen LogP contribution in [0.3, 0.4) is 0 Å². The van der Waals surface area contributed by atoms with E-state index >= 15 is 0 Å². The van der Waals surface area contributed by atoms with E-state index in [0.29, 0.717) is 0 Å². The van der Waals surface area contributed by atoms with Crippen LogP contribution in [-0.2, 0) is 9.53 Å². The molecule has 3 heteroatoms. The molecule has 0 spiro atoms. The first-order valence-electron chi connectivity index (χ1n) is 5.77. The molecule has 0 fully saturated rings. The zero-order valence-electron chi connectivity index (χ0n) is 10.8. The minimum absolute atomic E-state index is 0.268. The van der Waals surface area contributed by atoms with Crippen LogP contribution in [0.2, 0.25) is 0 Å². The lowest BCUT2D eigenvalue weighted by atomic mass is 9.99. The summed E-state index contributed by atoms with van der Waals surface area (Å²) in [4.78, 5) is 15.8. The van der Waals surface area contributed by atoms with Crippen LogP contribution in [0.4, 0.5) is 0 Å². The van der Waals surface area contributed by atoms with Crippen LogP contribution in [0.15, 0.2) is 35.3 Å². The summed E-state index contributed by atoms with van der Waals surface area (Å²) in [5.74, 6) is -0.0383. The normalized spacial score (nSPS) is 13.6. The molecule has 1 aromatic carbocycles. The quantitative estimate of drug-likeness (QED) is 0.592. The van der Waals surface area contributed by atoms with E-state index in [1.165, 1.54) is 7.11 Å². The monoisotopic (exact) mass is 233 g/mol. The first kappa shape index (κ1) is 13.4. The van der Waals surface area contributed by atoms with Crippen molar-refractivity contribution >= 4 is 11.7 Å². The molecule has 1 aromatic rings. The van der Waals surface area contributed by atoms with Crippen molar-refractivity contribution in [2.24, 2.45) is 10.9 Å². The summed E-state index contributed by atoms with van der Waals surface area (Å²) in [6.07, 6.45) is 0. The molecule has 1 unspecified atom stereocenters. The van der Waals surface area contributed by atoms with Gasteiger partial charge in [-0.15, -0.1) is 0 Å². The van der Waals surface area contributed by atoms with Crippen molar-refractivity contribution in [2.45, 2.75) is 26.8 Å². The SMILES string of the molecule is COC(=O)C(C)N=C(c1ccccc1)C(C)C. The summed E-state index contributed by atoms with van der Waals surface area (Å²) in [6, 6.07) is 9.45. The number of carbonyl (C=O) groups excluding carboxylic acids is 1. The Balaban J connectivity index is 3.02. The average Bonchev–Trinajstić information content (AvgIpc) is 2.35. The third-order valence-electron chi connectivity index (χ3n) is 2.49. The molecule has 0 bridgehead atoms. The topological polar surface area (TPSA) is 38.7 Å². The molecular formula is C14H19NO2. The summed E-state index contributed by atoms with van der Waals surface area (Å²) >= 11 is 0. The predicted octanol–water partition coefficient (Wildman–Crippen LogP) is 2.69. The van der Waals surface area contributed by atoms with Gasteiger partial charge in [-0.05, 0) is 18.4 Å². The maximum Gasteiger partial charge on any atom is 0.330 e. The fourth-order valence-electron chi connectivity index (χ4n) is 1.60. The van der Waals surface area contributed by atoms with E-state index in [1.54, 1.807) is 6.92 Å². The molecule has 92 valence electrons. The van der Waals surface area contributed by atoms with Gasteiger partial charge in [0, 0.05) is 5.71 Å². The lowest BCUT2D eigenvalue weighted by Gasteiger charge is -2.13. The van der Waals surface area contributed by atoms with Gasteiger partial charge in [-0.2, -0.15) is 0 Å². The molecule has 0 N–H and O–H groups in total. The summed E-state index contributed by atoms with van der Waals surface area (Å²) < 4.78 is 4.68. The van der Waals surface area contributed by atoms with Gasteiger partial charge in [0.15, 0.2) is 0 Å². The minimum Gasteiger partial charge on any atom is -0.467 e. The smallest absolute Gasteiger partial charge is 0.330 e. The Hall–Kier alpha value is -1.64. The van der Waals surface area contributed by atoms with Crippen LogP contribution in [0, 0.1) is 5.92 Å². The minimum atomic E-state index is -0.461. The highest BCUT2D eigenvalue weighted by Crippen LogP contribution is 2.11. The van der Waals surface area contributed by atoms with Crippen LogP contribution in [-0.4, -0.2) is 24.8 Å². The highest BCUT2D eigenvalue weighted by Gasteiger charge is 2.15. The molecule has 1 rings (SSSR count). The number of rotatable bonds is 4. The van der Waals surface area contributed by atoms with Crippen molar-refractivity contribution in [1.29, 1.82) is 0 Å². The van der Waals surface area contributed by atoms with Gasteiger partial charge >= 0.3 is 5.97 Å². The van der Waals surface area contributed by atoms with Crippen molar-refractivity contribution in [3.05, 3.63) is 35.9 Å². The molecule has 0 amide bonds. The highest BCUT2D eigenvalue weighted by molar-refractivity contribution is 6.02. The van der Waals surface area contributed by atoms with Crippen molar-refractivity contribution in [3.8, 4) is 0 Å². The average molecular weight is 233 g/mol. The van der Waals surface area contributed by atoms with Crippen LogP contribution in [0.25, 0.3) is 0 Å². The number of carbonyl (C=O) groups is 1. The van der Waals surface area contributed by atoms with E-state index in [9.17, 15) is 4.79 Å². The molecule has 0 saturated heterocycles. The van der Waals surface area contributed by atoms with Gasteiger partial charge in [0.1, 0.15) is 6.04 Å². The molecule has 0 heterocycles. The predicted molar refractivity (Wildman–Crippen MR) is 69.3 cm³/mol. The Morgan fingerprint density at radius 1 is 1.18 bits per heavy atom. The third kappa shape index (κ3) is 3.70. The van der Waals surface area contributed by atoms with Crippen molar-refractivity contribution < 1.29 is 9.53 Å². The number of ether oxygens (including phenoxy) is 1. The fraction of sp³-hybridized carbons (Fsp3) is 0.429. The van der Waals surface area contributed by atoms with Gasteiger partial charge in [0.05, 0.1) is 7.11 Å². The molecule has 3 nitrogen and oxygen atoms in total. The molecule has 1 atom stereocenters. The molecule has 0 saturated carbocycles. The number of methoxy groups -OCH3 is 1. The fourth-order valence-corrected chi connectivity index (χ4v) is 1.60. The van der Waals surface area contributed by atoms with Crippen LogP contribution in [0.1, 0.15) is 26.3 Å². The van der Waals surface area contributed by atoms with Gasteiger partial charge in [0.2, 0.25) is 0 Å². The van der Waals surface area contributed by atoms with E-state index in [4.69, 9.17) is 0 Å². The van der Waals surface area contributed by atoms with E-state index in [2.05, 4.69) is 23.6 Å². The van der Waals surface area contributed by atoms with E-state index in [1.807, 2.05) is 30.3 Å². The number of esters is 1. The largest absolute Gasteiger partial charge is 0.467 e. The number of aliphatic imine (C=N–C) groups is 1. The summed E-state index contributed by atoms with van der Waals surface area (Å²) in [6.45, 7) is 5.88. The summed E-state index contributed by atoms with van der Waals surface area (Å²) in [5.41, 5.74) is 1.99. The Morgan fingerprint density at radius 3 is 2.24 bits per heavy atom. The molecule has 0 aliphatic carbocycles. The Bertz CT molecular complexity index is 396. The lowest BCUT2D eigenvalue weighted by molar-refractivity contribution is -0.141. The zero-order valence-corrected chi connectivity index (χ0v) is 10.8. The maximum atomic E-state index is 11.4. The Morgan fingerprint density at radius 2 is 1.76 bits per heavy atom. The van der Waals surface area contributed by atoms with Gasteiger partial charge in [0.25, 0.3) is 0 Å². The number of nitrogens with zero attached hydrogens (tertiary/aromatic N) is 1. The van der Waals surface area contributed by atoms with E-state index in [-0.39, 0.29) is 11.9 Å². The maximum absolute atomic E-state index is 11.4. The van der Waals surface area contributed by atoms with Crippen molar-refractivity contribution in [1.82, 2.24) is 0 Å². The second kappa shape index (κ2) is 6.18. The molecule has 0 radical (unpaired) electrons. The summed E-state index contributed by atoms with van der Waals surface area (Å²) in [5, 5.41) is 0. The van der Waals surface area contributed by atoms with Gasteiger partial charge in [-0.25, -0.2) is 4.79 Å². The number of hydrogen-bond donors (Lipinski definition) is 0. The zero-order chi connectivity index (χ0) is 12.8. The third-order valence-corrected chi connectivity index (χ3v) is 2.49. The Kier molecular flexibility index (Phi) is 4.88. The first-order chi connectivity index (χ1) is 8.06. The second-order valence-electron chi connectivity index (χ2n) is 4.23. The second-order valence-corrected chi connectivity index (χ2v) is 4.23. The van der Waals surface area contributed by atoms with Crippen LogP contribution >= 0.6 is 0 Å². The van der Waals surface area contributed by atoms with Crippen molar-refractivity contribution in [3.63, 3.8) is 0 Å². The first-order valence-corrected chi connectivity index (χ1v) is 5.77. The number of hydrogen-bond acceptors (Lipinski definition) is 3. The molecule has 0 aromatic heterocycles. The molecular weight excluding hydrogens is 214 g/mol. The van der Waals surface area contributed by atoms with Crippen LogP contribution in [0.5, 0.6) is 0 Å². The molecule has 17 heavy (non-hydrogen) atoms. The van der Waals surface area contributed by atoms with Gasteiger partial charge < -0.3 is 4.74 Å². The Labute approximate surface area is 103 Å². The number of benzene rings is 1. The molecule has 0 aliphatic rings. The van der Waals surface area contributed by atoms with Crippen LogP contribution < -0.4 is 0 Å². The lowest BCUT2D eigenvalue weighted by Crippen LogP contribution is -2.21. The van der Waals surface area contributed by atoms with Crippen molar-refractivity contribution in [2.75, 3.05) is 7.11 Å².